The summed E-state index contributed by atoms with van der Waals surface area (Å²) in [4.78, 5) is 9.77. The monoisotopic (exact) mass is 268 g/mol. The number of rotatable bonds is 3. The van der Waals surface area contributed by atoms with Crippen molar-refractivity contribution in [3.8, 4) is 0 Å². The maximum Gasteiger partial charge on any atom is 0.390 e. The van der Waals surface area contributed by atoms with E-state index in [1.165, 1.54) is 6.07 Å². The van der Waals surface area contributed by atoms with E-state index in [1.54, 1.807) is 0 Å². The van der Waals surface area contributed by atoms with Crippen molar-refractivity contribution in [2.24, 2.45) is 5.73 Å². The highest BCUT2D eigenvalue weighted by Crippen LogP contribution is 2.32. The summed E-state index contributed by atoms with van der Waals surface area (Å²) in [6.45, 7) is 0. The molecule has 0 aliphatic rings. The van der Waals surface area contributed by atoms with Crippen LogP contribution < -0.4 is 5.73 Å². The molecular weight excluding hydrogens is 261 g/mol. The van der Waals surface area contributed by atoms with Crippen molar-refractivity contribution in [3.05, 3.63) is 38.9 Å². The third-order valence-corrected chi connectivity index (χ3v) is 2.37. The quantitative estimate of drug-likeness (QED) is 0.676. The molecule has 0 aliphatic carbocycles. The Balaban J connectivity index is 3.00. The summed E-state index contributed by atoms with van der Waals surface area (Å²) in [7, 11) is 0. The van der Waals surface area contributed by atoms with Crippen LogP contribution in [0, 0.1) is 10.1 Å². The molecule has 0 fully saturated rings. The summed E-state index contributed by atoms with van der Waals surface area (Å²) < 4.78 is 36.3. The minimum atomic E-state index is -4.42. The molecule has 1 rings (SSSR count). The fourth-order valence-electron chi connectivity index (χ4n) is 1.27. The van der Waals surface area contributed by atoms with Crippen LogP contribution in [0.1, 0.15) is 18.0 Å². The predicted octanol–water partition coefficient (Wildman–Crippen LogP) is 3.20. The highest BCUT2D eigenvalue weighted by Gasteiger charge is 2.31. The minimum absolute atomic E-state index is 0.0263. The standard InChI is InChI=1S/C9H8ClF3N2O2/c10-6-2-1-5(3-8(6)15(16)17)7(14)4-9(11,12)13/h1-3,7H,4,14H2/t7-/m1/s1. The molecule has 0 heterocycles. The van der Waals surface area contributed by atoms with Gasteiger partial charge in [-0.1, -0.05) is 17.7 Å². The largest absolute Gasteiger partial charge is 0.390 e. The molecule has 0 aromatic heterocycles. The molecule has 2 N–H and O–H groups in total. The first-order valence-electron chi connectivity index (χ1n) is 4.47. The average Bonchev–Trinajstić information content (AvgIpc) is 2.14. The van der Waals surface area contributed by atoms with Gasteiger partial charge in [0.1, 0.15) is 5.02 Å². The molecule has 0 amide bonds. The normalized spacial score (nSPS) is 13.5. The molecule has 8 heteroatoms. The Labute approximate surface area is 99.3 Å². The van der Waals surface area contributed by atoms with E-state index in [4.69, 9.17) is 17.3 Å². The van der Waals surface area contributed by atoms with Crippen molar-refractivity contribution in [1.82, 2.24) is 0 Å². The zero-order valence-electron chi connectivity index (χ0n) is 8.37. The van der Waals surface area contributed by atoms with Gasteiger partial charge in [0.15, 0.2) is 0 Å². The number of nitrogens with two attached hydrogens (primary N) is 1. The number of hydrogen-bond acceptors (Lipinski definition) is 3. The molecule has 4 nitrogen and oxygen atoms in total. The first-order valence-corrected chi connectivity index (χ1v) is 4.84. The van der Waals surface area contributed by atoms with Crippen LogP contribution >= 0.6 is 11.6 Å². The second kappa shape index (κ2) is 4.89. The van der Waals surface area contributed by atoms with Gasteiger partial charge >= 0.3 is 6.18 Å². The molecule has 0 unspecified atom stereocenters. The first-order chi connectivity index (χ1) is 7.70. The summed E-state index contributed by atoms with van der Waals surface area (Å²) >= 11 is 5.52. The van der Waals surface area contributed by atoms with Crippen molar-refractivity contribution in [2.75, 3.05) is 0 Å². The van der Waals surface area contributed by atoms with Gasteiger partial charge in [0, 0.05) is 12.1 Å². The molecule has 94 valence electrons. The van der Waals surface area contributed by atoms with Gasteiger partial charge < -0.3 is 5.73 Å². The molecule has 0 saturated carbocycles. The van der Waals surface area contributed by atoms with Crippen LogP contribution in [-0.2, 0) is 0 Å². The van der Waals surface area contributed by atoms with Crippen LogP contribution in [0.25, 0.3) is 0 Å². The lowest BCUT2D eigenvalue weighted by Crippen LogP contribution is -2.20. The Morgan fingerprint density at radius 1 is 1.47 bits per heavy atom. The van der Waals surface area contributed by atoms with Gasteiger partial charge in [-0.3, -0.25) is 10.1 Å². The van der Waals surface area contributed by atoms with E-state index in [-0.39, 0.29) is 10.6 Å². The molecule has 1 aromatic carbocycles. The Bertz CT molecular complexity index is 437. The van der Waals surface area contributed by atoms with Gasteiger partial charge in [-0.2, -0.15) is 13.2 Å². The molecule has 0 radical (unpaired) electrons. The van der Waals surface area contributed by atoms with Crippen molar-refractivity contribution in [3.63, 3.8) is 0 Å². The summed E-state index contributed by atoms with van der Waals surface area (Å²) in [5, 5.41) is 10.4. The van der Waals surface area contributed by atoms with Gasteiger partial charge in [-0.15, -0.1) is 0 Å². The van der Waals surface area contributed by atoms with Crippen LogP contribution in [0.4, 0.5) is 18.9 Å². The van der Waals surface area contributed by atoms with Gasteiger partial charge in [-0.25, -0.2) is 0 Å². The van der Waals surface area contributed by atoms with Gasteiger partial charge in [-0.05, 0) is 11.6 Å². The Morgan fingerprint density at radius 3 is 2.53 bits per heavy atom. The number of nitro benzene ring substituents is 1. The topological polar surface area (TPSA) is 69.2 Å². The summed E-state index contributed by atoms with van der Waals surface area (Å²) in [6, 6.07) is 2.02. The molecule has 0 spiro atoms. The van der Waals surface area contributed by atoms with E-state index >= 15 is 0 Å². The Kier molecular flexibility index (Phi) is 3.94. The van der Waals surface area contributed by atoms with E-state index in [2.05, 4.69) is 0 Å². The molecule has 1 atom stereocenters. The molecule has 17 heavy (non-hydrogen) atoms. The third kappa shape index (κ3) is 3.86. The first kappa shape index (κ1) is 13.7. The maximum atomic E-state index is 12.1. The molecule has 1 aromatic rings. The zero-order valence-corrected chi connectivity index (χ0v) is 9.13. The van der Waals surface area contributed by atoms with Crippen molar-refractivity contribution in [1.29, 1.82) is 0 Å². The highest BCUT2D eigenvalue weighted by molar-refractivity contribution is 6.32. The minimum Gasteiger partial charge on any atom is -0.324 e. The van der Waals surface area contributed by atoms with Crippen LogP contribution in [0.5, 0.6) is 0 Å². The van der Waals surface area contributed by atoms with E-state index in [0.29, 0.717) is 0 Å². The Hall–Kier alpha value is -1.34. The fraction of sp³-hybridized carbons (Fsp3) is 0.333. The van der Waals surface area contributed by atoms with Crippen LogP contribution in [0.3, 0.4) is 0 Å². The summed E-state index contributed by atoms with van der Waals surface area (Å²) in [5.41, 5.74) is 4.88. The molecule has 0 saturated heterocycles. The summed E-state index contributed by atoms with van der Waals surface area (Å²) in [5.74, 6) is 0. The number of halogens is 4. The van der Waals surface area contributed by atoms with Crippen molar-refractivity contribution >= 4 is 17.3 Å². The van der Waals surface area contributed by atoms with E-state index in [1.807, 2.05) is 0 Å². The van der Waals surface area contributed by atoms with E-state index in [9.17, 15) is 23.3 Å². The summed E-state index contributed by atoms with van der Waals surface area (Å²) in [6.07, 6.45) is -5.67. The lowest BCUT2D eigenvalue weighted by molar-refractivity contribution is -0.384. The maximum absolute atomic E-state index is 12.1. The number of nitro groups is 1. The van der Waals surface area contributed by atoms with Gasteiger partial charge in [0.25, 0.3) is 5.69 Å². The van der Waals surface area contributed by atoms with Gasteiger partial charge in [0.2, 0.25) is 0 Å². The smallest absolute Gasteiger partial charge is 0.324 e. The molecular formula is C9H8ClF3N2O2. The van der Waals surface area contributed by atoms with Crippen LogP contribution in [-0.4, -0.2) is 11.1 Å². The highest BCUT2D eigenvalue weighted by atomic mass is 35.5. The molecule has 0 aliphatic heterocycles. The lowest BCUT2D eigenvalue weighted by Gasteiger charge is -2.14. The fourth-order valence-corrected chi connectivity index (χ4v) is 1.45. The molecule has 0 bridgehead atoms. The second-order valence-corrected chi connectivity index (χ2v) is 3.80. The van der Waals surface area contributed by atoms with Crippen molar-refractivity contribution < 1.29 is 18.1 Å². The van der Waals surface area contributed by atoms with Crippen LogP contribution in [0.15, 0.2) is 18.2 Å². The number of hydrogen-bond donors (Lipinski definition) is 1. The number of alkyl halides is 3. The SMILES string of the molecule is N[C@H](CC(F)(F)F)c1ccc(Cl)c([N+](=O)[O-])c1. The second-order valence-electron chi connectivity index (χ2n) is 3.39. The number of nitrogens with zero attached hydrogens (tertiary/aromatic N) is 1. The lowest BCUT2D eigenvalue weighted by atomic mass is 10.0. The predicted molar refractivity (Wildman–Crippen MR) is 55.7 cm³/mol. The number of benzene rings is 1. The zero-order chi connectivity index (χ0) is 13.2. The Morgan fingerprint density at radius 2 is 2.06 bits per heavy atom. The van der Waals surface area contributed by atoms with Crippen LogP contribution in [0.2, 0.25) is 5.02 Å². The van der Waals surface area contributed by atoms with Crippen molar-refractivity contribution in [2.45, 2.75) is 18.6 Å². The third-order valence-electron chi connectivity index (χ3n) is 2.05. The van der Waals surface area contributed by atoms with Gasteiger partial charge in [0.05, 0.1) is 11.3 Å². The van der Waals surface area contributed by atoms with E-state index < -0.39 is 29.2 Å². The van der Waals surface area contributed by atoms with E-state index in [0.717, 1.165) is 12.1 Å². The average molecular weight is 269 g/mol.